The van der Waals surface area contributed by atoms with Gasteiger partial charge in [-0.15, -0.1) is 0 Å². The lowest BCUT2D eigenvalue weighted by Crippen LogP contribution is -2.61. The van der Waals surface area contributed by atoms with E-state index in [2.05, 4.69) is 58.4 Å². The minimum Gasteiger partial charge on any atom is -0.508 e. The number of rotatable bonds is 10. The molecule has 1 saturated carbocycles. The Morgan fingerprint density at radius 2 is 1.91 bits per heavy atom. The van der Waals surface area contributed by atoms with Gasteiger partial charge >= 0.3 is 0 Å². The highest BCUT2D eigenvalue weighted by molar-refractivity contribution is 5.76. The van der Waals surface area contributed by atoms with Crippen LogP contribution in [0.25, 0.3) is 0 Å². The molecule has 2 bridgehead atoms. The first kappa shape index (κ1) is 25.7. The largest absolute Gasteiger partial charge is 0.508 e. The minimum atomic E-state index is -0.0147. The Bertz CT molecular complexity index is 963. The maximum Gasteiger partial charge on any atom is 0.220 e. The number of aromatic hydroxyl groups is 1. The third-order valence-corrected chi connectivity index (χ3v) is 8.28. The molecule has 2 fully saturated rings. The number of nitrogens with zero attached hydrogens (tertiary/aromatic N) is 2. The topological polar surface area (TPSA) is 55.8 Å². The van der Waals surface area contributed by atoms with Gasteiger partial charge < -0.3 is 15.3 Å². The van der Waals surface area contributed by atoms with E-state index in [9.17, 15) is 9.90 Å². The van der Waals surface area contributed by atoms with Gasteiger partial charge in [0.25, 0.3) is 0 Å². The van der Waals surface area contributed by atoms with Crippen molar-refractivity contribution in [3.63, 3.8) is 0 Å². The van der Waals surface area contributed by atoms with Gasteiger partial charge in [-0.05, 0) is 94.9 Å². The first-order valence-electron chi connectivity index (χ1n) is 13.4. The van der Waals surface area contributed by atoms with E-state index in [1.54, 1.807) is 6.07 Å². The van der Waals surface area contributed by atoms with Crippen LogP contribution < -0.4 is 5.32 Å². The van der Waals surface area contributed by atoms with Crippen molar-refractivity contribution in [2.45, 2.75) is 69.4 Å². The van der Waals surface area contributed by atoms with Crippen molar-refractivity contribution in [1.82, 2.24) is 15.1 Å². The van der Waals surface area contributed by atoms with Crippen LogP contribution in [0.2, 0.25) is 0 Å². The zero-order chi connectivity index (χ0) is 24.8. The number of fused-ring (bicyclic) bond motifs is 2. The minimum absolute atomic E-state index is 0.0147. The summed E-state index contributed by atoms with van der Waals surface area (Å²) < 4.78 is 0. The lowest BCUT2D eigenvalue weighted by Gasteiger charge is -2.56. The van der Waals surface area contributed by atoms with Gasteiger partial charge in [-0.3, -0.25) is 9.69 Å². The molecule has 0 unspecified atom stereocenters. The molecule has 0 aromatic heterocycles. The molecule has 1 heterocycles. The number of nitrogens with one attached hydrogen (secondary N) is 1. The molecule has 1 aliphatic carbocycles. The fourth-order valence-electron chi connectivity index (χ4n) is 6.50. The Morgan fingerprint density at radius 1 is 1.11 bits per heavy atom. The third kappa shape index (κ3) is 6.45. The average Bonchev–Trinajstić information content (AvgIpc) is 2.82. The highest BCUT2D eigenvalue weighted by Gasteiger charge is 2.51. The van der Waals surface area contributed by atoms with Crippen molar-refractivity contribution in [2.75, 3.05) is 33.7 Å². The van der Waals surface area contributed by atoms with E-state index in [4.69, 9.17) is 0 Å². The number of hydrogen-bond donors (Lipinski definition) is 2. The third-order valence-electron chi connectivity index (χ3n) is 8.28. The molecule has 190 valence electrons. The second kappa shape index (κ2) is 11.6. The van der Waals surface area contributed by atoms with E-state index in [-0.39, 0.29) is 17.4 Å². The molecule has 4 atom stereocenters. The predicted octanol–water partition coefficient (Wildman–Crippen LogP) is 4.59. The molecule has 4 rings (SSSR count). The van der Waals surface area contributed by atoms with Gasteiger partial charge in [0.1, 0.15) is 5.75 Å². The van der Waals surface area contributed by atoms with E-state index < -0.39 is 0 Å². The van der Waals surface area contributed by atoms with Crippen LogP contribution in [0.15, 0.2) is 54.6 Å². The first-order valence-corrected chi connectivity index (χ1v) is 13.4. The second-order valence-electron chi connectivity index (χ2n) is 11.2. The van der Waals surface area contributed by atoms with Crippen molar-refractivity contribution >= 4 is 5.91 Å². The molecule has 0 radical (unpaired) electrons. The molecule has 5 nitrogen and oxygen atoms in total. The van der Waals surface area contributed by atoms with Crippen LogP contribution in [0.5, 0.6) is 5.75 Å². The summed E-state index contributed by atoms with van der Waals surface area (Å²) in [5, 5.41) is 13.7. The van der Waals surface area contributed by atoms with Gasteiger partial charge in [-0.1, -0.05) is 49.4 Å². The zero-order valence-corrected chi connectivity index (χ0v) is 21.7. The van der Waals surface area contributed by atoms with Gasteiger partial charge in [0.05, 0.1) is 0 Å². The fourth-order valence-corrected chi connectivity index (χ4v) is 6.50. The van der Waals surface area contributed by atoms with Gasteiger partial charge in [0, 0.05) is 30.5 Å². The summed E-state index contributed by atoms with van der Waals surface area (Å²) in [5.74, 6) is 0.956. The Hall–Kier alpha value is -2.37. The first-order chi connectivity index (χ1) is 16.9. The number of carbonyl (C=O) groups is 1. The lowest BCUT2D eigenvalue weighted by molar-refractivity contribution is -0.123. The van der Waals surface area contributed by atoms with Crippen LogP contribution in [0.3, 0.4) is 0 Å². The number of piperidine rings is 1. The molecule has 2 N–H and O–H groups in total. The quantitative estimate of drug-likeness (QED) is 0.525. The van der Waals surface area contributed by atoms with Gasteiger partial charge in [0.2, 0.25) is 5.91 Å². The Morgan fingerprint density at radius 3 is 2.66 bits per heavy atom. The number of likely N-dealkylation sites (tertiary alicyclic amines) is 1. The van der Waals surface area contributed by atoms with E-state index in [0.29, 0.717) is 24.1 Å². The maximum absolute atomic E-state index is 12.8. The summed E-state index contributed by atoms with van der Waals surface area (Å²) in [6.07, 6.45) is 6.76. The normalized spacial score (nSPS) is 26.6. The maximum atomic E-state index is 12.8. The summed E-state index contributed by atoms with van der Waals surface area (Å²) in [4.78, 5) is 17.6. The highest BCUT2D eigenvalue weighted by atomic mass is 16.3. The van der Waals surface area contributed by atoms with Crippen molar-refractivity contribution in [3.8, 4) is 5.75 Å². The highest BCUT2D eigenvalue weighted by Crippen LogP contribution is 2.50. The summed E-state index contributed by atoms with van der Waals surface area (Å²) in [5.41, 5.74) is 2.61. The predicted molar refractivity (Wildman–Crippen MR) is 143 cm³/mol. The SMILES string of the molecule is C[C@@H]1CN(CCCc2ccccc2)[C@H]2C[C@H](NC(=O)CCCN(C)C)C[C@]1(c1cccc(O)c1)C2. The van der Waals surface area contributed by atoms with Crippen LogP contribution in [0.1, 0.15) is 56.6 Å². The molecule has 35 heavy (non-hydrogen) atoms. The number of carbonyl (C=O) groups excluding carboxylic acids is 1. The molecule has 5 heteroatoms. The molecular weight excluding hydrogens is 434 g/mol. The van der Waals surface area contributed by atoms with Gasteiger partial charge in [0.15, 0.2) is 0 Å². The van der Waals surface area contributed by atoms with E-state index in [1.165, 1.54) is 11.1 Å². The summed E-state index contributed by atoms with van der Waals surface area (Å²) >= 11 is 0. The standard InChI is InChI=1S/C30H43N3O2/c1-23-22-33(17-8-12-24-10-5-4-6-11-24)27-19-26(31-29(35)15-9-16-32(2)3)20-30(23,21-27)25-13-7-14-28(34)18-25/h4-7,10-11,13-14,18,23,26-27,34H,8-9,12,15-17,19-22H2,1-3H3,(H,31,35)/t23-,26+,27+,30+/m1/s1. The summed E-state index contributed by atoms with van der Waals surface area (Å²) in [6.45, 7) is 5.45. The molecule has 2 aromatic rings. The molecule has 2 aliphatic rings. The number of phenolic OH excluding ortho intramolecular Hbond substituents is 1. The molecular formula is C30H43N3O2. The Kier molecular flexibility index (Phi) is 8.51. The Balaban J connectivity index is 1.48. The van der Waals surface area contributed by atoms with E-state index >= 15 is 0 Å². The monoisotopic (exact) mass is 477 g/mol. The molecule has 1 saturated heterocycles. The summed E-state index contributed by atoms with van der Waals surface area (Å²) in [6, 6.07) is 19.2. The fraction of sp³-hybridized carbons (Fsp3) is 0.567. The number of phenols is 1. The van der Waals surface area contributed by atoms with E-state index in [1.807, 2.05) is 26.2 Å². The van der Waals surface area contributed by atoms with Crippen LogP contribution in [0.4, 0.5) is 0 Å². The Labute approximate surface area is 211 Å². The van der Waals surface area contributed by atoms with Gasteiger partial charge in [-0.2, -0.15) is 0 Å². The molecule has 1 amide bonds. The van der Waals surface area contributed by atoms with Gasteiger partial charge in [-0.25, -0.2) is 0 Å². The number of benzene rings is 2. The molecule has 0 spiro atoms. The van der Waals surface area contributed by atoms with E-state index in [0.717, 1.165) is 58.2 Å². The summed E-state index contributed by atoms with van der Waals surface area (Å²) in [7, 11) is 4.10. The molecule has 2 aromatic carbocycles. The number of amides is 1. The van der Waals surface area contributed by atoms with Crippen LogP contribution in [-0.2, 0) is 16.6 Å². The number of hydrogen-bond acceptors (Lipinski definition) is 4. The average molecular weight is 478 g/mol. The van der Waals surface area contributed by atoms with Crippen molar-refractivity contribution in [1.29, 1.82) is 0 Å². The van der Waals surface area contributed by atoms with Crippen LogP contribution in [-0.4, -0.2) is 66.6 Å². The lowest BCUT2D eigenvalue weighted by atomic mass is 9.57. The van der Waals surface area contributed by atoms with Crippen molar-refractivity contribution in [2.24, 2.45) is 5.92 Å². The second-order valence-corrected chi connectivity index (χ2v) is 11.2. The zero-order valence-electron chi connectivity index (χ0n) is 21.7. The van der Waals surface area contributed by atoms with Crippen LogP contribution in [0, 0.1) is 5.92 Å². The number of aryl methyl sites for hydroxylation is 1. The van der Waals surface area contributed by atoms with Crippen LogP contribution >= 0.6 is 0 Å². The molecule has 1 aliphatic heterocycles. The smallest absolute Gasteiger partial charge is 0.220 e. The van der Waals surface area contributed by atoms with Crippen molar-refractivity contribution < 1.29 is 9.90 Å². The van der Waals surface area contributed by atoms with Crippen molar-refractivity contribution in [3.05, 3.63) is 65.7 Å².